The van der Waals surface area contributed by atoms with Crippen LogP contribution < -0.4 is 4.74 Å². The summed E-state index contributed by atoms with van der Waals surface area (Å²) in [6, 6.07) is 17.8. The van der Waals surface area contributed by atoms with Crippen molar-refractivity contribution in [2.24, 2.45) is 7.05 Å². The average molecular weight is 545 g/mol. The van der Waals surface area contributed by atoms with Crippen LogP contribution in [0.3, 0.4) is 0 Å². The summed E-state index contributed by atoms with van der Waals surface area (Å²) in [5.41, 5.74) is 4.16. The molecule has 7 nitrogen and oxygen atoms in total. The van der Waals surface area contributed by atoms with Gasteiger partial charge in [-0.1, -0.05) is 36.4 Å². The molecule has 3 aromatic rings. The molecule has 0 bridgehead atoms. The van der Waals surface area contributed by atoms with Gasteiger partial charge in [0.2, 0.25) is 0 Å². The molecular weight excluding hydrogens is 508 g/mol. The van der Waals surface area contributed by atoms with Gasteiger partial charge >= 0.3 is 0 Å². The number of ether oxygens (including phenoxy) is 1. The molecule has 0 radical (unpaired) electrons. The van der Waals surface area contributed by atoms with Crippen molar-refractivity contribution in [3.63, 3.8) is 0 Å². The molecule has 0 spiro atoms. The van der Waals surface area contributed by atoms with Gasteiger partial charge in [-0.05, 0) is 74.0 Å². The molecule has 2 aromatic carbocycles. The van der Waals surface area contributed by atoms with E-state index in [0.717, 1.165) is 18.6 Å². The van der Waals surface area contributed by atoms with Crippen LogP contribution >= 0.6 is 12.4 Å². The first-order valence-electron chi connectivity index (χ1n) is 12.9. The summed E-state index contributed by atoms with van der Waals surface area (Å²) >= 11 is 0. The second-order valence-corrected chi connectivity index (χ2v) is 12.1. The first-order valence-corrected chi connectivity index (χ1v) is 14.3. The van der Waals surface area contributed by atoms with Crippen molar-refractivity contribution in [3.8, 4) is 5.75 Å². The standard InChI is InChI=1S/C28H36N4O3S.ClH/c1-30-20-28(29-21-30)36(33,34)31(2)16-17-35-24-12-10-23-11-13-27(32-14-6-7-15-32)26(25(23)19-24)18-22-8-4-3-5-9-22;/h3-5,8-10,12,19-21,26-27H,6-7,11,13-18H2,1-2H3;1H. The highest BCUT2D eigenvalue weighted by Crippen LogP contribution is 2.40. The molecule has 2 unspecified atom stereocenters. The first-order chi connectivity index (χ1) is 17.4. The van der Waals surface area contributed by atoms with E-state index in [1.54, 1.807) is 18.7 Å². The number of benzene rings is 2. The van der Waals surface area contributed by atoms with E-state index in [4.69, 9.17) is 4.74 Å². The maximum absolute atomic E-state index is 12.7. The van der Waals surface area contributed by atoms with Crippen LogP contribution in [0.25, 0.3) is 0 Å². The second-order valence-electron chi connectivity index (χ2n) is 10.1. The molecule has 200 valence electrons. The van der Waals surface area contributed by atoms with Gasteiger partial charge in [0.15, 0.2) is 5.03 Å². The fourth-order valence-electron chi connectivity index (χ4n) is 5.67. The predicted octanol–water partition coefficient (Wildman–Crippen LogP) is 4.28. The van der Waals surface area contributed by atoms with Crippen molar-refractivity contribution < 1.29 is 13.2 Å². The molecule has 1 fully saturated rings. The van der Waals surface area contributed by atoms with Crippen LogP contribution in [0.15, 0.2) is 66.1 Å². The van der Waals surface area contributed by atoms with Crippen molar-refractivity contribution in [2.45, 2.75) is 49.1 Å². The van der Waals surface area contributed by atoms with Gasteiger partial charge in [0.1, 0.15) is 12.4 Å². The number of likely N-dealkylation sites (tertiary alicyclic amines) is 1. The number of fused-ring (bicyclic) bond motifs is 1. The van der Waals surface area contributed by atoms with Crippen molar-refractivity contribution in [1.82, 2.24) is 18.8 Å². The number of nitrogens with zero attached hydrogens (tertiary/aromatic N) is 4. The topological polar surface area (TPSA) is 67.7 Å². The first kappa shape index (κ1) is 27.6. The lowest BCUT2D eigenvalue weighted by Crippen LogP contribution is -2.41. The van der Waals surface area contributed by atoms with Crippen molar-refractivity contribution in [1.29, 1.82) is 0 Å². The third-order valence-electron chi connectivity index (χ3n) is 7.63. The van der Waals surface area contributed by atoms with E-state index in [0.29, 0.717) is 12.0 Å². The number of hydrogen-bond acceptors (Lipinski definition) is 5. The summed E-state index contributed by atoms with van der Waals surface area (Å²) in [6.45, 7) is 2.91. The molecule has 2 atom stereocenters. The summed E-state index contributed by atoms with van der Waals surface area (Å²) in [7, 11) is -0.310. The Morgan fingerprint density at radius 3 is 2.57 bits per heavy atom. The van der Waals surface area contributed by atoms with Crippen LogP contribution in [-0.4, -0.2) is 66.5 Å². The van der Waals surface area contributed by atoms with Gasteiger partial charge in [-0.3, -0.25) is 4.90 Å². The Morgan fingerprint density at radius 2 is 1.86 bits per heavy atom. The van der Waals surface area contributed by atoms with Gasteiger partial charge in [0, 0.05) is 38.8 Å². The Kier molecular flexibility index (Phi) is 8.95. The van der Waals surface area contributed by atoms with Gasteiger partial charge in [-0.15, -0.1) is 12.4 Å². The number of aromatic nitrogens is 2. The molecule has 1 saturated heterocycles. The van der Waals surface area contributed by atoms with Gasteiger partial charge in [0.05, 0.1) is 6.33 Å². The lowest BCUT2D eigenvalue weighted by atomic mass is 9.75. The van der Waals surface area contributed by atoms with E-state index >= 15 is 0 Å². The largest absolute Gasteiger partial charge is 0.492 e. The van der Waals surface area contributed by atoms with Crippen LogP contribution in [-0.2, 0) is 29.9 Å². The maximum Gasteiger partial charge on any atom is 0.261 e. The van der Waals surface area contributed by atoms with Crippen molar-refractivity contribution >= 4 is 22.4 Å². The smallest absolute Gasteiger partial charge is 0.261 e. The number of imidazole rings is 1. The Hall–Kier alpha value is -2.39. The number of halogens is 1. The fourth-order valence-corrected chi connectivity index (χ4v) is 6.78. The molecule has 0 amide bonds. The van der Waals surface area contributed by atoms with Gasteiger partial charge in [-0.2, -0.15) is 4.31 Å². The molecule has 2 heterocycles. The number of hydrogen-bond donors (Lipinski definition) is 0. The predicted molar refractivity (Wildman–Crippen MR) is 148 cm³/mol. The monoisotopic (exact) mass is 544 g/mol. The zero-order valence-electron chi connectivity index (χ0n) is 21.6. The summed E-state index contributed by atoms with van der Waals surface area (Å²) in [5, 5.41) is 0.0537. The Bertz CT molecular complexity index is 1280. The number of aryl methyl sites for hydroxylation is 2. The van der Waals surface area contributed by atoms with Crippen LogP contribution in [0, 0.1) is 0 Å². The molecule has 2 aliphatic rings. The van der Waals surface area contributed by atoms with Crippen LogP contribution in [0.1, 0.15) is 41.9 Å². The summed E-state index contributed by atoms with van der Waals surface area (Å²) in [6.07, 6.45) is 8.89. The van der Waals surface area contributed by atoms with Gasteiger partial charge in [0.25, 0.3) is 10.0 Å². The maximum atomic E-state index is 12.7. The van der Waals surface area contributed by atoms with Crippen LogP contribution in [0.4, 0.5) is 0 Å². The molecule has 1 aliphatic carbocycles. The number of sulfonamides is 1. The minimum Gasteiger partial charge on any atom is -0.492 e. The third-order valence-corrected chi connectivity index (χ3v) is 9.37. The Morgan fingerprint density at radius 1 is 1.11 bits per heavy atom. The molecule has 9 heteroatoms. The quantitative estimate of drug-likeness (QED) is 0.402. The van der Waals surface area contributed by atoms with E-state index < -0.39 is 10.0 Å². The molecule has 37 heavy (non-hydrogen) atoms. The van der Waals surface area contributed by atoms with Gasteiger partial charge < -0.3 is 9.30 Å². The Balaban J connectivity index is 0.00000320. The zero-order valence-corrected chi connectivity index (χ0v) is 23.3. The summed E-state index contributed by atoms with van der Waals surface area (Å²) < 4.78 is 34.5. The lowest BCUT2D eigenvalue weighted by Gasteiger charge is -2.39. The van der Waals surface area contributed by atoms with Crippen LogP contribution in [0.5, 0.6) is 5.75 Å². The minimum atomic E-state index is -3.63. The SMILES string of the molecule is CN(CCOc1ccc2c(c1)C(Cc1ccccc1)C(N1CCCC1)CC2)S(=O)(=O)c1cn(C)cn1.Cl. The van der Waals surface area contributed by atoms with Crippen molar-refractivity contribution in [3.05, 3.63) is 77.7 Å². The minimum absolute atomic E-state index is 0. The molecule has 0 saturated carbocycles. The molecule has 1 aliphatic heterocycles. The zero-order chi connectivity index (χ0) is 25.1. The summed E-state index contributed by atoms with van der Waals surface area (Å²) in [5.74, 6) is 1.22. The van der Waals surface area contributed by atoms with E-state index in [1.165, 1.54) is 65.9 Å². The normalized spacial score (nSPS) is 20.0. The van der Waals surface area contributed by atoms with E-state index in [2.05, 4.69) is 52.3 Å². The van der Waals surface area contributed by atoms with E-state index in [-0.39, 0.29) is 30.6 Å². The Labute approximate surface area is 226 Å². The van der Waals surface area contributed by atoms with Crippen LogP contribution in [0.2, 0.25) is 0 Å². The second kappa shape index (κ2) is 12.0. The molecular formula is C28H37ClN4O3S. The third kappa shape index (κ3) is 6.20. The molecule has 0 N–H and O–H groups in total. The highest BCUT2D eigenvalue weighted by Gasteiger charge is 2.35. The van der Waals surface area contributed by atoms with E-state index in [9.17, 15) is 8.42 Å². The number of rotatable bonds is 9. The van der Waals surface area contributed by atoms with Crippen molar-refractivity contribution in [2.75, 3.05) is 33.3 Å². The molecule has 1 aromatic heterocycles. The number of likely N-dealkylation sites (N-methyl/N-ethyl adjacent to an activating group) is 1. The highest BCUT2D eigenvalue weighted by molar-refractivity contribution is 7.89. The fraction of sp³-hybridized carbons (Fsp3) is 0.464. The van der Waals surface area contributed by atoms with E-state index in [1.807, 2.05) is 6.07 Å². The highest BCUT2D eigenvalue weighted by atomic mass is 35.5. The average Bonchev–Trinajstić information content (AvgIpc) is 3.57. The summed E-state index contributed by atoms with van der Waals surface area (Å²) in [4.78, 5) is 6.69. The molecule has 5 rings (SSSR count). The lowest BCUT2D eigenvalue weighted by molar-refractivity contribution is 0.188. The van der Waals surface area contributed by atoms with Gasteiger partial charge in [-0.25, -0.2) is 13.4 Å².